The molecule has 0 aliphatic heterocycles. The standard InChI is InChI=1S/C13H10ClNO4S.C12H23N/c14-9-5-7-10(8-6-9)20(18,19)15-12-4-2-1-3-11(12)13(16)17;1-3-7-11(8-4-1)13-12-9-5-2-6-10-12/h1-8,15H,(H,16,17);11-13H,1-10H2. The number of carboxylic acids is 1. The van der Waals surface area contributed by atoms with E-state index in [-0.39, 0.29) is 16.1 Å². The summed E-state index contributed by atoms with van der Waals surface area (Å²) in [6.45, 7) is 0. The lowest BCUT2D eigenvalue weighted by molar-refractivity contribution is 0.0698. The maximum Gasteiger partial charge on any atom is 0.337 e. The first-order valence-corrected chi connectivity index (χ1v) is 13.6. The Kier molecular flexibility index (Phi) is 9.59. The molecule has 0 radical (unpaired) electrons. The zero-order valence-electron chi connectivity index (χ0n) is 18.8. The number of rotatable bonds is 6. The summed E-state index contributed by atoms with van der Waals surface area (Å²) in [5.74, 6) is -1.21. The van der Waals surface area contributed by atoms with Gasteiger partial charge in [-0.3, -0.25) is 4.72 Å². The molecule has 0 spiro atoms. The molecule has 0 unspecified atom stereocenters. The van der Waals surface area contributed by atoms with E-state index >= 15 is 0 Å². The Morgan fingerprint density at radius 1 is 0.818 bits per heavy atom. The number of anilines is 1. The number of hydrogen-bond acceptors (Lipinski definition) is 4. The van der Waals surface area contributed by atoms with Crippen LogP contribution in [0, 0.1) is 0 Å². The highest BCUT2D eigenvalue weighted by atomic mass is 35.5. The van der Waals surface area contributed by atoms with Crippen LogP contribution in [0.25, 0.3) is 0 Å². The van der Waals surface area contributed by atoms with E-state index in [1.54, 1.807) is 6.07 Å². The minimum atomic E-state index is -3.86. The number of benzene rings is 2. The van der Waals surface area contributed by atoms with Crippen molar-refractivity contribution in [2.45, 2.75) is 81.2 Å². The number of carboxylic acid groups (broad SMARTS) is 1. The molecular formula is C25H33ClN2O4S. The first-order chi connectivity index (χ1) is 15.8. The molecule has 8 heteroatoms. The topological polar surface area (TPSA) is 95.5 Å². The molecule has 0 bridgehead atoms. The van der Waals surface area contributed by atoms with Crippen molar-refractivity contribution in [1.29, 1.82) is 0 Å². The monoisotopic (exact) mass is 492 g/mol. The lowest BCUT2D eigenvalue weighted by atomic mass is 9.91. The van der Waals surface area contributed by atoms with Gasteiger partial charge < -0.3 is 10.4 Å². The largest absolute Gasteiger partial charge is 0.478 e. The number of carbonyl (C=O) groups is 1. The minimum absolute atomic E-state index is 0.00194. The summed E-state index contributed by atoms with van der Waals surface area (Å²) in [7, 11) is -3.86. The average molecular weight is 493 g/mol. The van der Waals surface area contributed by atoms with Gasteiger partial charge in [0.15, 0.2) is 0 Å². The van der Waals surface area contributed by atoms with Crippen LogP contribution >= 0.6 is 11.6 Å². The fourth-order valence-electron chi connectivity index (χ4n) is 4.45. The zero-order chi connectivity index (χ0) is 23.7. The fourth-order valence-corrected chi connectivity index (χ4v) is 5.65. The molecule has 33 heavy (non-hydrogen) atoms. The molecule has 2 aliphatic rings. The second kappa shape index (κ2) is 12.4. The van der Waals surface area contributed by atoms with E-state index in [4.69, 9.17) is 16.7 Å². The van der Waals surface area contributed by atoms with Crippen LogP contribution in [-0.4, -0.2) is 31.6 Å². The first-order valence-electron chi connectivity index (χ1n) is 11.7. The Labute approximate surface area is 201 Å². The van der Waals surface area contributed by atoms with E-state index in [2.05, 4.69) is 10.0 Å². The van der Waals surface area contributed by atoms with Crippen molar-refractivity contribution in [3.63, 3.8) is 0 Å². The molecule has 2 aromatic carbocycles. The van der Waals surface area contributed by atoms with Crippen molar-refractivity contribution < 1.29 is 18.3 Å². The maximum atomic E-state index is 12.1. The number of halogens is 1. The highest BCUT2D eigenvalue weighted by Crippen LogP contribution is 2.23. The van der Waals surface area contributed by atoms with Crippen LogP contribution in [0.4, 0.5) is 5.69 Å². The lowest BCUT2D eigenvalue weighted by Crippen LogP contribution is -2.40. The van der Waals surface area contributed by atoms with Gasteiger partial charge in [-0.05, 0) is 62.1 Å². The summed E-state index contributed by atoms with van der Waals surface area (Å²) in [4.78, 5) is 11.0. The van der Waals surface area contributed by atoms with Crippen molar-refractivity contribution in [2.75, 3.05) is 4.72 Å². The van der Waals surface area contributed by atoms with Crippen LogP contribution in [0.2, 0.25) is 5.02 Å². The summed E-state index contributed by atoms with van der Waals surface area (Å²) >= 11 is 5.70. The van der Waals surface area contributed by atoms with Crippen molar-refractivity contribution in [3.8, 4) is 0 Å². The Balaban J connectivity index is 0.000000203. The molecule has 6 nitrogen and oxygen atoms in total. The van der Waals surface area contributed by atoms with E-state index in [1.807, 2.05) is 0 Å². The first kappa shape index (κ1) is 25.5. The van der Waals surface area contributed by atoms with Crippen LogP contribution in [0.1, 0.15) is 74.6 Å². The fraction of sp³-hybridized carbons (Fsp3) is 0.480. The molecule has 0 atom stereocenters. The van der Waals surface area contributed by atoms with Crippen molar-refractivity contribution >= 4 is 33.3 Å². The predicted molar refractivity (Wildman–Crippen MR) is 133 cm³/mol. The number of para-hydroxylation sites is 1. The van der Waals surface area contributed by atoms with Gasteiger partial charge >= 0.3 is 5.97 Å². The zero-order valence-corrected chi connectivity index (χ0v) is 20.4. The second-order valence-corrected chi connectivity index (χ2v) is 10.9. The van der Waals surface area contributed by atoms with E-state index in [0.29, 0.717) is 5.02 Å². The van der Waals surface area contributed by atoms with Gasteiger partial charge in [-0.1, -0.05) is 62.3 Å². The Bertz CT molecular complexity index is 983. The summed E-state index contributed by atoms with van der Waals surface area (Å²) in [6, 6.07) is 13.1. The number of hydrogen-bond donors (Lipinski definition) is 3. The third-order valence-corrected chi connectivity index (χ3v) is 7.84. The molecule has 2 fully saturated rings. The van der Waals surface area contributed by atoms with Crippen molar-refractivity contribution in [1.82, 2.24) is 5.32 Å². The Morgan fingerprint density at radius 3 is 1.85 bits per heavy atom. The van der Waals surface area contributed by atoms with Crippen LogP contribution in [0.15, 0.2) is 53.4 Å². The van der Waals surface area contributed by atoms with E-state index in [9.17, 15) is 13.2 Å². The third-order valence-electron chi connectivity index (χ3n) is 6.21. The molecule has 3 N–H and O–H groups in total. The molecule has 2 aliphatic carbocycles. The van der Waals surface area contributed by atoms with Gasteiger partial charge in [-0.15, -0.1) is 0 Å². The van der Waals surface area contributed by atoms with E-state index < -0.39 is 16.0 Å². The highest BCUT2D eigenvalue weighted by Gasteiger charge is 2.19. The third kappa shape index (κ3) is 8.02. The van der Waals surface area contributed by atoms with Crippen LogP contribution < -0.4 is 10.0 Å². The highest BCUT2D eigenvalue weighted by molar-refractivity contribution is 7.92. The number of nitrogens with one attached hydrogen (secondary N) is 2. The second-order valence-electron chi connectivity index (χ2n) is 8.75. The van der Waals surface area contributed by atoms with Gasteiger partial charge in [0.05, 0.1) is 16.1 Å². The van der Waals surface area contributed by atoms with Gasteiger partial charge in [0.25, 0.3) is 10.0 Å². The summed E-state index contributed by atoms with van der Waals surface area (Å²) in [5, 5.41) is 13.3. The molecule has 4 rings (SSSR count). The van der Waals surface area contributed by atoms with Crippen molar-refractivity contribution in [3.05, 3.63) is 59.1 Å². The molecule has 2 saturated carbocycles. The van der Waals surface area contributed by atoms with Gasteiger partial charge in [0, 0.05) is 17.1 Å². The smallest absolute Gasteiger partial charge is 0.337 e. The number of sulfonamides is 1. The van der Waals surface area contributed by atoms with Gasteiger partial charge in [-0.2, -0.15) is 0 Å². The summed E-state index contributed by atoms with van der Waals surface area (Å²) < 4.78 is 26.5. The molecular weight excluding hydrogens is 460 g/mol. The van der Waals surface area contributed by atoms with Crippen LogP contribution in [0.5, 0.6) is 0 Å². The summed E-state index contributed by atoms with van der Waals surface area (Å²) in [6.07, 6.45) is 14.6. The van der Waals surface area contributed by atoms with Crippen LogP contribution in [0.3, 0.4) is 0 Å². The van der Waals surface area contributed by atoms with Crippen LogP contribution in [-0.2, 0) is 10.0 Å². The summed E-state index contributed by atoms with van der Waals surface area (Å²) in [5.41, 5.74) is -0.111. The molecule has 0 aromatic heterocycles. The van der Waals surface area contributed by atoms with E-state index in [0.717, 1.165) is 12.1 Å². The quantitative estimate of drug-likeness (QED) is 0.454. The normalized spacial score (nSPS) is 17.6. The molecule has 0 saturated heterocycles. The minimum Gasteiger partial charge on any atom is -0.478 e. The Hall–Kier alpha value is -2.09. The van der Waals surface area contributed by atoms with Gasteiger partial charge in [0.1, 0.15) is 0 Å². The van der Waals surface area contributed by atoms with Crippen molar-refractivity contribution in [2.24, 2.45) is 0 Å². The lowest BCUT2D eigenvalue weighted by Gasteiger charge is -2.30. The average Bonchev–Trinajstić information content (AvgIpc) is 2.81. The van der Waals surface area contributed by atoms with Gasteiger partial charge in [-0.25, -0.2) is 13.2 Å². The van der Waals surface area contributed by atoms with E-state index in [1.165, 1.54) is 107 Å². The van der Waals surface area contributed by atoms with Gasteiger partial charge in [0.2, 0.25) is 0 Å². The molecule has 0 heterocycles. The number of aromatic carboxylic acids is 1. The predicted octanol–water partition coefficient (Wildman–Crippen LogP) is 6.08. The molecule has 0 amide bonds. The Morgan fingerprint density at radius 2 is 1.33 bits per heavy atom. The maximum absolute atomic E-state index is 12.1. The molecule has 180 valence electrons. The molecule has 2 aromatic rings. The SMILES string of the molecule is C1CCC(NC2CCCCC2)CC1.O=C(O)c1ccccc1NS(=O)(=O)c1ccc(Cl)cc1.